The molecule has 1 aromatic heterocycles. The van der Waals surface area contributed by atoms with E-state index in [4.69, 9.17) is 11.6 Å². The zero-order chi connectivity index (χ0) is 14.1. The monoisotopic (exact) mass is 310 g/mol. The molecule has 2 nitrogen and oxygen atoms in total. The highest BCUT2D eigenvalue weighted by molar-refractivity contribution is 7.15. The number of halogens is 2. The van der Waals surface area contributed by atoms with E-state index in [1.165, 1.54) is 10.9 Å². The molecular formula is C15H16ClFN2S. The lowest BCUT2D eigenvalue weighted by Crippen LogP contribution is -2.23. The molecule has 106 valence electrons. The fourth-order valence-electron chi connectivity index (χ4n) is 2.64. The van der Waals surface area contributed by atoms with Gasteiger partial charge in [-0.05, 0) is 44.0 Å². The van der Waals surface area contributed by atoms with Crippen LogP contribution in [0.5, 0.6) is 0 Å². The second kappa shape index (κ2) is 5.80. The van der Waals surface area contributed by atoms with E-state index in [1.54, 1.807) is 23.5 Å². The van der Waals surface area contributed by atoms with Crippen LogP contribution in [0.4, 0.5) is 4.39 Å². The van der Waals surface area contributed by atoms with Gasteiger partial charge in [0.25, 0.3) is 0 Å². The summed E-state index contributed by atoms with van der Waals surface area (Å²) in [6.45, 7) is 3.04. The maximum atomic E-state index is 14.0. The van der Waals surface area contributed by atoms with Crippen LogP contribution in [-0.4, -0.2) is 11.5 Å². The smallest absolute Gasteiger partial charge is 0.133 e. The van der Waals surface area contributed by atoms with E-state index >= 15 is 0 Å². The summed E-state index contributed by atoms with van der Waals surface area (Å²) in [6, 6.07) is 4.98. The maximum absolute atomic E-state index is 14.0. The molecule has 0 aliphatic heterocycles. The quantitative estimate of drug-likeness (QED) is 0.897. The molecule has 1 unspecified atom stereocenters. The summed E-state index contributed by atoms with van der Waals surface area (Å²) in [7, 11) is 0. The van der Waals surface area contributed by atoms with Crippen LogP contribution >= 0.6 is 22.9 Å². The third-order valence-electron chi connectivity index (χ3n) is 3.56. The number of hydrogen-bond acceptors (Lipinski definition) is 3. The van der Waals surface area contributed by atoms with Crippen molar-refractivity contribution in [2.75, 3.05) is 6.54 Å². The van der Waals surface area contributed by atoms with Gasteiger partial charge in [-0.2, -0.15) is 0 Å². The number of thiazole rings is 1. The summed E-state index contributed by atoms with van der Waals surface area (Å²) >= 11 is 7.56. The number of nitrogens with one attached hydrogen (secondary N) is 1. The Morgan fingerprint density at radius 1 is 1.50 bits per heavy atom. The number of rotatable bonds is 3. The van der Waals surface area contributed by atoms with Gasteiger partial charge in [0, 0.05) is 21.5 Å². The molecule has 0 saturated carbocycles. The third-order valence-corrected chi connectivity index (χ3v) is 5.04. The molecule has 0 fully saturated rings. The van der Waals surface area contributed by atoms with Gasteiger partial charge in [0.2, 0.25) is 0 Å². The minimum atomic E-state index is -0.263. The van der Waals surface area contributed by atoms with Crippen LogP contribution in [-0.2, 0) is 6.42 Å². The molecule has 0 radical (unpaired) electrons. The zero-order valence-corrected chi connectivity index (χ0v) is 12.8. The van der Waals surface area contributed by atoms with Crippen molar-refractivity contribution in [1.82, 2.24) is 10.3 Å². The number of aryl methyl sites for hydroxylation is 1. The number of hydrogen-bond donors (Lipinski definition) is 1. The Morgan fingerprint density at radius 3 is 3.15 bits per heavy atom. The van der Waals surface area contributed by atoms with Gasteiger partial charge < -0.3 is 5.32 Å². The lowest BCUT2D eigenvalue weighted by Gasteiger charge is -2.21. The van der Waals surface area contributed by atoms with Crippen LogP contribution in [0.1, 0.15) is 36.4 Å². The van der Waals surface area contributed by atoms with Gasteiger partial charge in [-0.25, -0.2) is 9.37 Å². The summed E-state index contributed by atoms with van der Waals surface area (Å²) in [6.07, 6.45) is 3.24. The van der Waals surface area contributed by atoms with Gasteiger partial charge in [0.05, 0.1) is 5.69 Å². The summed E-state index contributed by atoms with van der Waals surface area (Å²) in [4.78, 5) is 5.89. The first-order valence-corrected chi connectivity index (χ1v) is 8.07. The van der Waals surface area contributed by atoms with E-state index in [1.807, 2.05) is 0 Å². The Labute approximate surface area is 127 Å². The summed E-state index contributed by atoms with van der Waals surface area (Å²) in [5, 5.41) is 4.76. The highest BCUT2D eigenvalue weighted by Gasteiger charge is 2.25. The average molecular weight is 311 g/mol. The zero-order valence-electron chi connectivity index (χ0n) is 11.2. The topological polar surface area (TPSA) is 24.9 Å². The van der Waals surface area contributed by atoms with Crippen molar-refractivity contribution < 1.29 is 4.39 Å². The predicted molar refractivity (Wildman–Crippen MR) is 81.9 cm³/mol. The molecule has 0 bridgehead atoms. The number of benzene rings is 1. The van der Waals surface area contributed by atoms with Crippen LogP contribution in [0.3, 0.4) is 0 Å². The fraction of sp³-hybridized carbons (Fsp3) is 0.400. The number of nitrogens with zero attached hydrogens (tertiary/aromatic N) is 1. The molecule has 2 aromatic rings. The standard InChI is InChI=1S/C15H16ClFN2S/c1-2-18-12-4-3-5-13-14(12)20-15(19-13)10-8-9(16)6-7-11(10)17/h6-8,12,18H,2-5H2,1H3. The van der Waals surface area contributed by atoms with E-state index in [9.17, 15) is 4.39 Å². The molecule has 1 aliphatic rings. The van der Waals surface area contributed by atoms with E-state index in [0.29, 0.717) is 16.6 Å². The van der Waals surface area contributed by atoms with Crippen molar-refractivity contribution in [3.63, 3.8) is 0 Å². The minimum absolute atomic E-state index is 0.263. The van der Waals surface area contributed by atoms with Gasteiger partial charge in [0.1, 0.15) is 10.8 Å². The van der Waals surface area contributed by atoms with Crippen molar-refractivity contribution in [2.45, 2.75) is 32.2 Å². The second-order valence-corrected chi connectivity index (χ2v) is 6.42. The average Bonchev–Trinajstić information content (AvgIpc) is 2.87. The van der Waals surface area contributed by atoms with Gasteiger partial charge in [-0.1, -0.05) is 18.5 Å². The highest BCUT2D eigenvalue weighted by atomic mass is 35.5. The van der Waals surface area contributed by atoms with Crippen LogP contribution in [0, 0.1) is 5.82 Å². The molecule has 0 spiro atoms. The number of fused-ring (bicyclic) bond motifs is 1. The van der Waals surface area contributed by atoms with Crippen molar-refractivity contribution in [3.8, 4) is 10.6 Å². The summed E-state index contributed by atoms with van der Waals surface area (Å²) in [5.74, 6) is -0.263. The highest BCUT2D eigenvalue weighted by Crippen LogP contribution is 2.39. The first-order chi connectivity index (χ1) is 9.69. The maximum Gasteiger partial charge on any atom is 0.133 e. The fourth-order valence-corrected chi connectivity index (χ4v) is 4.05. The van der Waals surface area contributed by atoms with Crippen molar-refractivity contribution in [2.24, 2.45) is 0 Å². The van der Waals surface area contributed by atoms with Crippen LogP contribution in [0.25, 0.3) is 10.6 Å². The molecule has 1 aliphatic carbocycles. The van der Waals surface area contributed by atoms with Crippen LogP contribution in [0.2, 0.25) is 5.02 Å². The van der Waals surface area contributed by atoms with Gasteiger partial charge >= 0.3 is 0 Å². The molecule has 20 heavy (non-hydrogen) atoms. The Morgan fingerprint density at radius 2 is 2.35 bits per heavy atom. The van der Waals surface area contributed by atoms with Crippen molar-refractivity contribution >= 4 is 22.9 Å². The predicted octanol–water partition coefficient (Wildman–Crippen LogP) is 4.59. The van der Waals surface area contributed by atoms with Gasteiger partial charge in [-0.15, -0.1) is 11.3 Å². The lowest BCUT2D eigenvalue weighted by molar-refractivity contribution is 0.476. The summed E-state index contributed by atoms with van der Waals surface area (Å²) < 4.78 is 14.0. The Kier molecular flexibility index (Phi) is 4.06. The van der Waals surface area contributed by atoms with Crippen LogP contribution in [0.15, 0.2) is 18.2 Å². The third kappa shape index (κ3) is 2.60. The molecule has 0 amide bonds. The molecule has 5 heteroatoms. The Hall–Kier alpha value is -0.970. The summed E-state index contributed by atoms with van der Waals surface area (Å²) in [5.41, 5.74) is 1.62. The molecule has 1 atom stereocenters. The Bertz CT molecular complexity index is 626. The Balaban J connectivity index is 2.02. The van der Waals surface area contributed by atoms with E-state index in [2.05, 4.69) is 17.2 Å². The molecule has 0 saturated heterocycles. The molecule has 1 N–H and O–H groups in total. The molecular weight excluding hydrogens is 295 g/mol. The molecule has 3 rings (SSSR count). The second-order valence-electron chi connectivity index (χ2n) is 4.96. The van der Waals surface area contributed by atoms with Crippen LogP contribution < -0.4 is 5.32 Å². The first-order valence-electron chi connectivity index (χ1n) is 6.87. The van der Waals surface area contributed by atoms with Gasteiger partial charge in [-0.3, -0.25) is 0 Å². The molecule has 1 aromatic carbocycles. The largest absolute Gasteiger partial charge is 0.309 e. The van der Waals surface area contributed by atoms with E-state index in [-0.39, 0.29) is 5.82 Å². The lowest BCUT2D eigenvalue weighted by atomic mass is 9.98. The van der Waals surface area contributed by atoms with E-state index < -0.39 is 0 Å². The van der Waals surface area contributed by atoms with Gasteiger partial charge in [0.15, 0.2) is 0 Å². The normalized spacial score (nSPS) is 18.1. The van der Waals surface area contributed by atoms with Crippen molar-refractivity contribution in [1.29, 1.82) is 0 Å². The molecule has 1 heterocycles. The van der Waals surface area contributed by atoms with E-state index in [0.717, 1.165) is 36.5 Å². The number of aromatic nitrogens is 1. The first kappa shape index (κ1) is 14.0. The van der Waals surface area contributed by atoms with Crippen molar-refractivity contribution in [3.05, 3.63) is 39.6 Å². The SMILES string of the molecule is CCNC1CCCc2nc(-c3cc(Cl)ccc3F)sc21. The minimum Gasteiger partial charge on any atom is -0.309 e.